The van der Waals surface area contributed by atoms with Crippen LogP contribution in [0.3, 0.4) is 0 Å². The Morgan fingerprint density at radius 2 is 0.632 bits per heavy atom. The third-order valence-corrected chi connectivity index (χ3v) is 15.9. The lowest BCUT2D eigenvalue weighted by molar-refractivity contribution is -0.726. The molecule has 5 N–H and O–H groups in total. The molecule has 19 heteroatoms. The van der Waals surface area contributed by atoms with E-state index in [4.69, 9.17) is 9.97 Å². The Kier molecular flexibility index (Phi) is 12.8. The summed E-state index contributed by atoms with van der Waals surface area (Å²) in [6.45, 7) is 1.55. The van der Waals surface area contributed by atoms with Gasteiger partial charge in [0.05, 0.1) is 43.9 Å². The summed E-state index contributed by atoms with van der Waals surface area (Å²) < 4.78 is 109. The molecule has 3 aromatic carbocycles. The molecule has 0 saturated carbocycles. The molecule has 378 valence electrons. The van der Waals surface area contributed by atoms with Crippen LogP contribution in [-0.2, 0) is 50.5 Å². The first kappa shape index (κ1) is 49.6. The van der Waals surface area contributed by atoms with Gasteiger partial charge in [-0.3, -0.25) is 13.7 Å². The van der Waals surface area contributed by atoms with E-state index in [-0.39, 0.29) is 14.7 Å². The van der Waals surface area contributed by atoms with Crippen molar-refractivity contribution in [2.75, 3.05) is 0 Å². The predicted molar refractivity (Wildman–Crippen MR) is 288 cm³/mol. The van der Waals surface area contributed by atoms with Crippen molar-refractivity contribution in [2.24, 2.45) is 7.05 Å². The van der Waals surface area contributed by atoms with Gasteiger partial charge in [-0.25, -0.2) is 23.7 Å². The van der Waals surface area contributed by atoms with Crippen molar-refractivity contribution < 1.29 is 52.6 Å². The molecule has 0 fully saturated rings. The van der Waals surface area contributed by atoms with Gasteiger partial charge in [0.2, 0.25) is 0 Å². The monoisotopic (exact) mass is 1070 g/mol. The predicted octanol–water partition coefficient (Wildman–Crippen LogP) is 9.22. The number of H-pyrrole nitrogens is 2. The summed E-state index contributed by atoms with van der Waals surface area (Å²) in [5.74, 6) is 0. The number of aromatic nitrogens is 7. The van der Waals surface area contributed by atoms with Crippen LogP contribution < -0.4 is 13.7 Å². The summed E-state index contributed by atoms with van der Waals surface area (Å²) in [6, 6.07) is 37.3. The number of pyridine rings is 3. The molecule has 0 amide bonds. The molecule has 6 aromatic heterocycles. The highest BCUT2D eigenvalue weighted by molar-refractivity contribution is 7.86. The first-order chi connectivity index (χ1) is 36.4. The van der Waals surface area contributed by atoms with Crippen LogP contribution in [0.4, 0.5) is 0 Å². The first-order valence-corrected chi connectivity index (χ1v) is 28.1. The second-order valence-electron chi connectivity index (χ2n) is 18.3. The largest absolute Gasteiger partial charge is 0.354 e. The van der Waals surface area contributed by atoms with Crippen LogP contribution in [0.25, 0.3) is 102 Å². The van der Waals surface area contributed by atoms with Gasteiger partial charge in [-0.2, -0.15) is 25.3 Å². The normalized spacial score (nSPS) is 12.6. The van der Waals surface area contributed by atoms with E-state index in [1.54, 1.807) is 42.5 Å². The fourth-order valence-corrected chi connectivity index (χ4v) is 10.9. The van der Waals surface area contributed by atoms with E-state index in [2.05, 4.69) is 55.8 Å². The molecule has 2 aliphatic rings. The second-order valence-corrected chi connectivity index (χ2v) is 22.5. The molecule has 0 saturated heterocycles. The van der Waals surface area contributed by atoms with Crippen LogP contribution in [0.2, 0.25) is 0 Å². The Morgan fingerprint density at radius 1 is 0.368 bits per heavy atom. The molecule has 9 aromatic rings. The van der Waals surface area contributed by atoms with E-state index >= 15 is 0 Å². The van der Waals surface area contributed by atoms with E-state index < -0.39 is 30.4 Å². The quantitative estimate of drug-likeness (QED) is 0.0572. The van der Waals surface area contributed by atoms with Gasteiger partial charge in [-0.15, -0.1) is 0 Å². The number of hydrogen-bond donors (Lipinski definition) is 5. The average Bonchev–Trinajstić information content (AvgIpc) is 4.27. The molecule has 0 aliphatic carbocycles. The van der Waals surface area contributed by atoms with Gasteiger partial charge in [0.1, 0.15) is 7.05 Å². The van der Waals surface area contributed by atoms with E-state index in [1.165, 1.54) is 36.4 Å². The average molecular weight is 1070 g/mol. The van der Waals surface area contributed by atoms with Crippen molar-refractivity contribution in [1.82, 2.24) is 19.9 Å². The molecule has 16 nitrogen and oxygen atoms in total. The third-order valence-electron chi connectivity index (χ3n) is 13.3. The number of hydrogen-bond acceptors (Lipinski definition) is 8. The molecule has 2 aliphatic heterocycles. The summed E-state index contributed by atoms with van der Waals surface area (Å²) in [5.41, 5.74) is 11.7. The fourth-order valence-electron chi connectivity index (χ4n) is 9.50. The van der Waals surface area contributed by atoms with Crippen LogP contribution in [0.1, 0.15) is 29.2 Å². The highest BCUT2D eigenvalue weighted by atomic mass is 32.2. The van der Waals surface area contributed by atoms with Crippen molar-refractivity contribution in [1.29, 1.82) is 0 Å². The minimum absolute atomic E-state index is 0.286. The van der Waals surface area contributed by atoms with E-state index in [1.807, 2.05) is 91.0 Å². The summed E-state index contributed by atoms with van der Waals surface area (Å²) in [6.07, 6.45) is 20.6. The van der Waals surface area contributed by atoms with Crippen molar-refractivity contribution >= 4 is 76.7 Å². The topological polar surface area (TPSA) is 232 Å². The zero-order valence-electron chi connectivity index (χ0n) is 40.3. The molecule has 11 rings (SSSR count). The molecule has 0 atom stereocenters. The number of fused-ring (bicyclic) bond motifs is 8. The van der Waals surface area contributed by atoms with Crippen LogP contribution in [0.15, 0.2) is 185 Å². The van der Waals surface area contributed by atoms with Crippen molar-refractivity contribution in [3.05, 3.63) is 193 Å². The van der Waals surface area contributed by atoms with Gasteiger partial charge in [-0.1, -0.05) is 36.4 Å². The highest BCUT2D eigenvalue weighted by Crippen LogP contribution is 2.39. The Bertz CT molecular complexity index is 4280. The van der Waals surface area contributed by atoms with Crippen LogP contribution in [0, 0.1) is 0 Å². The highest BCUT2D eigenvalue weighted by Gasteiger charge is 2.22. The summed E-state index contributed by atoms with van der Waals surface area (Å²) >= 11 is 0. The van der Waals surface area contributed by atoms with E-state index in [9.17, 15) is 38.9 Å². The summed E-state index contributed by atoms with van der Waals surface area (Å²) in [4.78, 5) is 16.7. The minimum Gasteiger partial charge on any atom is -0.354 e. The molecule has 8 heterocycles. The number of nitrogens with zero attached hydrogens (tertiary/aromatic N) is 5. The second kappa shape index (κ2) is 19.6. The molecule has 8 bridgehead atoms. The summed E-state index contributed by atoms with van der Waals surface area (Å²) in [7, 11) is -11.6. The number of aryl methyl sites for hydroxylation is 3. The smallest absolute Gasteiger partial charge is 0.294 e. The lowest BCUT2D eigenvalue weighted by atomic mass is 10.0. The number of benzene rings is 3. The molecule has 0 unspecified atom stereocenters. The maximum Gasteiger partial charge on any atom is 0.294 e. The van der Waals surface area contributed by atoms with Gasteiger partial charge >= 0.3 is 0 Å². The Balaban J connectivity index is 1.09. The van der Waals surface area contributed by atoms with Gasteiger partial charge in [0.25, 0.3) is 30.4 Å². The maximum atomic E-state index is 12.2. The molecular weight excluding hydrogens is 1020 g/mol. The zero-order valence-corrected chi connectivity index (χ0v) is 42.8. The van der Waals surface area contributed by atoms with Crippen molar-refractivity contribution in [3.63, 3.8) is 0 Å². The molecule has 76 heavy (non-hydrogen) atoms. The van der Waals surface area contributed by atoms with Crippen LogP contribution >= 0.6 is 0 Å². The standard InChI is InChI=1S/C57H43N7O9S3/c1-62-31-23-37(24-32-62)38-25-33-63(34-26-38)29-2-30-64-35-27-42(28-36-64)57-52-21-19-50(60-52)55(40-5-11-44(12-6-40)75(68,69)70)48-17-15-46(58-48)54(39-3-9-43(10-4-39)74(65,66)67)47-16-18-49(59-47)56(51-20-22-53(57)61-51)41-7-13-45(14-8-41)76(71,72)73/h3-28,31-36H,2,29-30H2,1H3,(H2-,65,66,67,68,69,70,71,72,73)/p+3. The molecule has 0 radical (unpaired) electrons. The van der Waals surface area contributed by atoms with Crippen LogP contribution in [0.5, 0.6) is 0 Å². The SMILES string of the molecule is C[n+]1ccc(-c2cc[n+](CCC[n+]3ccc(-c4c5nc(c(-c6ccc(S(=O)(=O)O)cc6)c6ccc([nH]6)c(-c6ccc(S(=O)(=O)O)cc6)c6nc(c(-c7ccc(S(=O)(=O)O)cc7)c7ccc4[nH]7)C=C6)C=C5)cc3)cc2)cc1. The lowest BCUT2D eigenvalue weighted by Crippen LogP contribution is -2.38. The van der Waals surface area contributed by atoms with Crippen molar-refractivity contribution in [3.8, 4) is 55.6 Å². The molecular formula is C57H46N7O9S3+3. The van der Waals surface area contributed by atoms with Gasteiger partial charge < -0.3 is 9.97 Å². The van der Waals surface area contributed by atoms with Gasteiger partial charge in [0, 0.05) is 80.7 Å². The van der Waals surface area contributed by atoms with Crippen LogP contribution in [-0.4, -0.2) is 58.8 Å². The van der Waals surface area contributed by atoms with Crippen molar-refractivity contribution in [2.45, 2.75) is 34.2 Å². The summed E-state index contributed by atoms with van der Waals surface area (Å²) in [5, 5.41) is 0. The van der Waals surface area contributed by atoms with Gasteiger partial charge in [0.15, 0.2) is 50.3 Å². The maximum absolute atomic E-state index is 12.2. The number of aromatic amines is 2. The third kappa shape index (κ3) is 10.2. The number of rotatable bonds is 12. The van der Waals surface area contributed by atoms with E-state index in [0.717, 1.165) is 41.8 Å². The Labute approximate surface area is 437 Å². The van der Waals surface area contributed by atoms with E-state index in [0.29, 0.717) is 78.2 Å². The fraction of sp³-hybridized carbons (Fsp3) is 0.0702. The molecule has 0 spiro atoms. The Hall–Kier alpha value is -8.56. The Morgan fingerprint density at radius 3 is 0.921 bits per heavy atom. The number of nitrogens with one attached hydrogen (secondary N) is 2. The van der Waals surface area contributed by atoms with Gasteiger partial charge in [-0.05, 0) is 118 Å². The minimum atomic E-state index is -4.53. The lowest BCUT2D eigenvalue weighted by Gasteiger charge is -2.08. The zero-order chi connectivity index (χ0) is 52.9. The first-order valence-electron chi connectivity index (χ1n) is 23.8.